The van der Waals surface area contributed by atoms with Crippen molar-refractivity contribution in [1.82, 2.24) is 0 Å². The molecule has 1 aromatic carbocycles. The van der Waals surface area contributed by atoms with Gasteiger partial charge in [0.05, 0.1) is 0 Å². The molecule has 0 radical (unpaired) electrons. The van der Waals surface area contributed by atoms with Crippen LogP contribution in [-0.4, -0.2) is 18.0 Å². The summed E-state index contributed by atoms with van der Waals surface area (Å²) in [6.45, 7) is 1.56. The number of halogens is 6. The van der Waals surface area contributed by atoms with Crippen molar-refractivity contribution in [2.24, 2.45) is 0 Å². The maximum absolute atomic E-state index is 12.7. The average molecular weight is 270 g/mol. The highest BCUT2D eigenvalue weighted by atomic mass is 19.4. The van der Waals surface area contributed by atoms with Gasteiger partial charge < -0.3 is 4.74 Å². The second-order valence-electron chi connectivity index (χ2n) is 4.21. The standard InChI is InChI=1S/C11H8F6O/c1-6-2-3-7-5-9(10(12,13)14,11(15,16)17)18-8(7)4-6/h2-4H,5H2,1H3. The quantitative estimate of drug-likeness (QED) is 0.652. The highest BCUT2D eigenvalue weighted by Gasteiger charge is 2.75. The molecule has 1 aliphatic rings. The van der Waals surface area contributed by atoms with Gasteiger partial charge >= 0.3 is 18.0 Å². The predicted octanol–water partition coefficient (Wildman–Crippen LogP) is 3.79. The molecule has 0 saturated heterocycles. The molecule has 2 rings (SSSR count). The second-order valence-corrected chi connectivity index (χ2v) is 4.21. The van der Waals surface area contributed by atoms with Crippen LogP contribution in [0, 0.1) is 6.92 Å². The Balaban J connectivity index is 2.51. The van der Waals surface area contributed by atoms with Crippen LogP contribution in [-0.2, 0) is 6.42 Å². The zero-order chi connectivity index (χ0) is 13.8. The molecule has 0 atom stereocenters. The fourth-order valence-corrected chi connectivity index (χ4v) is 1.87. The van der Waals surface area contributed by atoms with E-state index >= 15 is 0 Å². The smallest absolute Gasteiger partial charge is 0.437 e. The van der Waals surface area contributed by atoms with Crippen LogP contribution < -0.4 is 4.74 Å². The van der Waals surface area contributed by atoms with E-state index in [2.05, 4.69) is 4.74 Å². The molecule has 0 amide bonds. The molecule has 0 saturated carbocycles. The van der Waals surface area contributed by atoms with Crippen molar-refractivity contribution in [3.63, 3.8) is 0 Å². The molecular formula is C11H8F6O. The first-order chi connectivity index (χ1) is 8.07. The normalized spacial score (nSPS) is 18.4. The topological polar surface area (TPSA) is 9.23 Å². The van der Waals surface area contributed by atoms with E-state index in [1.54, 1.807) is 6.92 Å². The Morgan fingerprint density at radius 2 is 1.61 bits per heavy atom. The summed E-state index contributed by atoms with van der Waals surface area (Å²) in [5.41, 5.74) is -3.68. The molecule has 1 heterocycles. The monoisotopic (exact) mass is 270 g/mol. The highest BCUT2D eigenvalue weighted by Crippen LogP contribution is 2.52. The minimum atomic E-state index is -5.52. The number of fused-ring (bicyclic) bond motifs is 1. The summed E-state index contributed by atoms with van der Waals surface area (Å²) in [5.74, 6) is -0.357. The fourth-order valence-electron chi connectivity index (χ4n) is 1.87. The van der Waals surface area contributed by atoms with E-state index in [1.165, 1.54) is 18.2 Å². The van der Waals surface area contributed by atoms with Crippen molar-refractivity contribution >= 4 is 0 Å². The van der Waals surface area contributed by atoms with Gasteiger partial charge in [0.2, 0.25) is 0 Å². The molecule has 0 fully saturated rings. The van der Waals surface area contributed by atoms with E-state index in [0.717, 1.165) is 0 Å². The van der Waals surface area contributed by atoms with Crippen LogP contribution in [0.2, 0.25) is 0 Å². The Bertz CT molecular complexity index is 459. The maximum Gasteiger partial charge on any atom is 0.437 e. The van der Waals surface area contributed by atoms with Crippen molar-refractivity contribution in [3.05, 3.63) is 29.3 Å². The molecule has 0 aliphatic carbocycles. The van der Waals surface area contributed by atoms with E-state index in [9.17, 15) is 26.3 Å². The van der Waals surface area contributed by atoms with Gasteiger partial charge in [-0.25, -0.2) is 0 Å². The molecule has 0 spiro atoms. The summed E-state index contributed by atoms with van der Waals surface area (Å²) in [7, 11) is 0. The number of aryl methyl sites for hydroxylation is 1. The lowest BCUT2D eigenvalue weighted by Gasteiger charge is -2.32. The van der Waals surface area contributed by atoms with Crippen LogP contribution in [0.1, 0.15) is 11.1 Å². The third-order valence-corrected chi connectivity index (χ3v) is 2.86. The van der Waals surface area contributed by atoms with Crippen LogP contribution in [0.5, 0.6) is 5.75 Å². The van der Waals surface area contributed by atoms with Crippen LogP contribution in [0.3, 0.4) is 0 Å². The number of alkyl halides is 6. The predicted molar refractivity (Wildman–Crippen MR) is 50.4 cm³/mol. The molecule has 0 N–H and O–H groups in total. The van der Waals surface area contributed by atoms with Crippen LogP contribution in [0.4, 0.5) is 26.3 Å². The molecule has 7 heteroatoms. The Morgan fingerprint density at radius 3 is 2.11 bits per heavy atom. The summed E-state index contributed by atoms with van der Waals surface area (Å²) < 4.78 is 80.6. The third kappa shape index (κ3) is 1.72. The van der Waals surface area contributed by atoms with Gasteiger partial charge in [-0.2, -0.15) is 26.3 Å². The van der Waals surface area contributed by atoms with Gasteiger partial charge in [-0.05, 0) is 24.1 Å². The molecule has 0 bridgehead atoms. The number of hydrogen-bond donors (Lipinski definition) is 0. The number of ether oxygens (including phenoxy) is 1. The third-order valence-electron chi connectivity index (χ3n) is 2.86. The Kier molecular flexibility index (Phi) is 2.57. The molecule has 0 unspecified atom stereocenters. The summed E-state index contributed by atoms with van der Waals surface area (Å²) >= 11 is 0. The van der Waals surface area contributed by atoms with Gasteiger partial charge in [0.15, 0.2) is 0 Å². The van der Waals surface area contributed by atoms with Crippen molar-refractivity contribution in [3.8, 4) is 5.75 Å². The van der Waals surface area contributed by atoms with Crippen molar-refractivity contribution in [1.29, 1.82) is 0 Å². The maximum atomic E-state index is 12.7. The average Bonchev–Trinajstić information content (AvgIpc) is 2.55. The molecular weight excluding hydrogens is 262 g/mol. The summed E-state index contributed by atoms with van der Waals surface area (Å²) in [6, 6.07) is 3.85. The van der Waals surface area contributed by atoms with Gasteiger partial charge in [0, 0.05) is 6.42 Å². The zero-order valence-corrected chi connectivity index (χ0v) is 9.12. The molecule has 18 heavy (non-hydrogen) atoms. The Morgan fingerprint density at radius 1 is 1.06 bits per heavy atom. The second kappa shape index (κ2) is 3.55. The van der Waals surface area contributed by atoms with E-state index < -0.39 is 24.4 Å². The number of benzene rings is 1. The summed E-state index contributed by atoms with van der Waals surface area (Å²) in [5, 5.41) is 0. The number of hydrogen-bond acceptors (Lipinski definition) is 1. The van der Waals surface area contributed by atoms with Gasteiger partial charge in [0.25, 0.3) is 0 Å². The first-order valence-electron chi connectivity index (χ1n) is 4.99. The van der Waals surface area contributed by atoms with Crippen molar-refractivity contribution < 1.29 is 31.1 Å². The van der Waals surface area contributed by atoms with E-state index in [4.69, 9.17) is 0 Å². The Hall–Kier alpha value is -1.40. The van der Waals surface area contributed by atoms with Gasteiger partial charge in [0.1, 0.15) is 5.75 Å². The lowest BCUT2D eigenvalue weighted by molar-refractivity contribution is -0.351. The van der Waals surface area contributed by atoms with Crippen molar-refractivity contribution in [2.75, 3.05) is 0 Å². The van der Waals surface area contributed by atoms with Gasteiger partial charge in [-0.3, -0.25) is 0 Å². The minimum Gasteiger partial charge on any atom is -0.468 e. The zero-order valence-electron chi connectivity index (χ0n) is 9.12. The van der Waals surface area contributed by atoms with E-state index in [0.29, 0.717) is 5.56 Å². The first kappa shape index (κ1) is 13.0. The molecule has 100 valence electrons. The molecule has 1 nitrogen and oxygen atoms in total. The Labute approximate surface area is 98.4 Å². The van der Waals surface area contributed by atoms with Crippen LogP contribution >= 0.6 is 0 Å². The van der Waals surface area contributed by atoms with Gasteiger partial charge in [-0.1, -0.05) is 12.1 Å². The van der Waals surface area contributed by atoms with E-state index in [1.807, 2.05) is 0 Å². The molecule has 0 aromatic heterocycles. The van der Waals surface area contributed by atoms with Gasteiger partial charge in [-0.15, -0.1) is 0 Å². The molecule has 1 aliphatic heterocycles. The number of rotatable bonds is 0. The highest BCUT2D eigenvalue weighted by molar-refractivity contribution is 5.43. The SMILES string of the molecule is Cc1ccc2c(c1)OC(C(F)(F)F)(C(F)(F)F)C2. The summed E-state index contributed by atoms with van der Waals surface area (Å²) in [4.78, 5) is 0. The largest absolute Gasteiger partial charge is 0.468 e. The minimum absolute atomic E-state index is 0.0877. The van der Waals surface area contributed by atoms with Crippen molar-refractivity contribution in [2.45, 2.75) is 31.3 Å². The lowest BCUT2D eigenvalue weighted by atomic mass is 9.95. The van der Waals surface area contributed by atoms with E-state index in [-0.39, 0.29) is 11.3 Å². The van der Waals surface area contributed by atoms with Crippen LogP contribution in [0.15, 0.2) is 18.2 Å². The van der Waals surface area contributed by atoms with Crippen LogP contribution in [0.25, 0.3) is 0 Å². The lowest BCUT2D eigenvalue weighted by Crippen LogP contribution is -2.60. The molecule has 1 aromatic rings. The fraction of sp³-hybridized carbons (Fsp3) is 0.455. The first-order valence-corrected chi connectivity index (χ1v) is 4.99. The summed E-state index contributed by atoms with van der Waals surface area (Å²) in [6.07, 6.45) is -12.3.